The number of halogens is 1. The van der Waals surface area contributed by atoms with Crippen molar-refractivity contribution in [2.24, 2.45) is 5.92 Å². The molecule has 2 aliphatic heterocycles. The summed E-state index contributed by atoms with van der Waals surface area (Å²) in [6.07, 6.45) is 3.77. The molecule has 3 fully saturated rings. The monoisotopic (exact) mass is 405 g/mol. The van der Waals surface area contributed by atoms with E-state index in [0.29, 0.717) is 19.4 Å². The summed E-state index contributed by atoms with van der Waals surface area (Å²) in [5.74, 6) is -3.38. The van der Waals surface area contributed by atoms with Gasteiger partial charge in [-0.2, -0.15) is 0 Å². The van der Waals surface area contributed by atoms with E-state index in [1.54, 1.807) is 4.57 Å². The van der Waals surface area contributed by atoms with Gasteiger partial charge < -0.3 is 24.6 Å². The number of aromatic nitrogens is 1. The lowest BCUT2D eigenvalue weighted by Crippen LogP contribution is -2.40. The standard InChI is InChI=1S/C21H24FN3O4/c1-29-20-17-13(19(26)14(21(27)28)9-25(17)12-4-5-12)7-15(22)18(20)24-8-11-3-2-6-23-16(11)10-24/h7,9,11-12,16,23H,2-6,8,10H2,1H3,(H,27,28)/t11-,16+/m0/s1/i8D2,10D2. The second-order valence-corrected chi connectivity index (χ2v) is 7.73. The molecule has 5 rings (SSSR count). The highest BCUT2D eigenvalue weighted by Crippen LogP contribution is 2.45. The molecule has 3 heterocycles. The Bertz CT molecular complexity index is 1210. The van der Waals surface area contributed by atoms with Gasteiger partial charge >= 0.3 is 5.97 Å². The van der Waals surface area contributed by atoms with E-state index in [0.717, 1.165) is 23.8 Å². The number of pyridine rings is 1. The van der Waals surface area contributed by atoms with Crippen molar-refractivity contribution in [2.75, 3.05) is 31.5 Å². The number of hydrogen-bond donors (Lipinski definition) is 2. The third-order valence-electron chi connectivity index (χ3n) is 5.82. The van der Waals surface area contributed by atoms with Gasteiger partial charge in [0.15, 0.2) is 11.6 Å². The van der Waals surface area contributed by atoms with Crippen molar-refractivity contribution in [3.05, 3.63) is 33.9 Å². The first-order valence-corrected chi connectivity index (χ1v) is 9.74. The first-order valence-electron chi connectivity index (χ1n) is 11.7. The van der Waals surface area contributed by atoms with Crippen molar-refractivity contribution in [3.63, 3.8) is 0 Å². The van der Waals surface area contributed by atoms with Crippen LogP contribution in [0.15, 0.2) is 17.1 Å². The largest absolute Gasteiger partial charge is 0.492 e. The van der Waals surface area contributed by atoms with Gasteiger partial charge in [-0.3, -0.25) is 4.79 Å². The molecule has 1 aromatic heterocycles. The maximum atomic E-state index is 15.7. The maximum absolute atomic E-state index is 15.7. The number of benzene rings is 1. The lowest BCUT2D eigenvalue weighted by Gasteiger charge is -2.25. The molecule has 0 radical (unpaired) electrons. The number of aromatic carboxylic acids is 1. The lowest BCUT2D eigenvalue weighted by atomic mass is 9.94. The van der Waals surface area contributed by atoms with Crippen molar-refractivity contribution >= 4 is 22.6 Å². The predicted molar refractivity (Wildman–Crippen MR) is 107 cm³/mol. The summed E-state index contributed by atoms with van der Waals surface area (Å²) in [7, 11) is 1.25. The van der Waals surface area contributed by atoms with E-state index in [1.165, 1.54) is 13.3 Å². The predicted octanol–water partition coefficient (Wildman–Crippen LogP) is 2.37. The summed E-state index contributed by atoms with van der Waals surface area (Å²) in [5.41, 5.74) is -1.64. The van der Waals surface area contributed by atoms with Crippen molar-refractivity contribution in [1.82, 2.24) is 9.88 Å². The van der Waals surface area contributed by atoms with E-state index in [4.69, 9.17) is 10.2 Å². The number of methoxy groups -OCH3 is 1. The topological polar surface area (TPSA) is 83.8 Å². The average Bonchev–Trinajstić information content (AvgIpc) is 3.57. The number of nitrogens with zero attached hydrogens (tertiary/aromatic N) is 2. The quantitative estimate of drug-likeness (QED) is 0.813. The Morgan fingerprint density at radius 2 is 2.17 bits per heavy atom. The number of nitrogens with one attached hydrogen (secondary N) is 1. The van der Waals surface area contributed by atoms with Crippen LogP contribution in [0, 0.1) is 11.7 Å². The normalized spacial score (nSPS) is 29.5. The van der Waals surface area contributed by atoms with Gasteiger partial charge in [-0.1, -0.05) is 0 Å². The van der Waals surface area contributed by atoms with Gasteiger partial charge in [0.1, 0.15) is 11.3 Å². The molecule has 0 amide bonds. The van der Waals surface area contributed by atoms with Crippen molar-refractivity contribution in [1.29, 1.82) is 0 Å². The van der Waals surface area contributed by atoms with E-state index in [9.17, 15) is 14.7 Å². The molecule has 0 unspecified atom stereocenters. The fourth-order valence-electron chi connectivity index (χ4n) is 4.27. The van der Waals surface area contributed by atoms with Gasteiger partial charge in [-0.25, -0.2) is 9.18 Å². The molecule has 2 N–H and O–H groups in total. The SMILES string of the molecule is [2H]C1([2H])[C@@H]2CCCN[C@@H]2C([2H])([2H])N1c1c(F)cc2c(=O)c(C(=O)O)cn(C3CC3)c2c1OC. The van der Waals surface area contributed by atoms with E-state index in [-0.39, 0.29) is 22.7 Å². The Labute approximate surface area is 172 Å². The van der Waals surface area contributed by atoms with Gasteiger partial charge in [0.05, 0.1) is 20.8 Å². The van der Waals surface area contributed by atoms with Crippen LogP contribution < -0.4 is 20.4 Å². The molecular weight excluding hydrogens is 377 g/mol. The number of fused-ring (bicyclic) bond motifs is 2. The number of carboxylic acid groups (broad SMARTS) is 1. The summed E-state index contributed by atoms with van der Waals surface area (Å²) < 4.78 is 57.8. The van der Waals surface area contributed by atoms with Crippen LogP contribution in [0.25, 0.3) is 10.9 Å². The van der Waals surface area contributed by atoms with Crippen molar-refractivity contribution < 1.29 is 24.5 Å². The summed E-state index contributed by atoms with van der Waals surface area (Å²) in [4.78, 5) is 25.3. The summed E-state index contributed by atoms with van der Waals surface area (Å²) in [6.45, 7) is -4.00. The number of carbonyl (C=O) groups is 1. The maximum Gasteiger partial charge on any atom is 0.341 e. The van der Waals surface area contributed by atoms with Crippen LogP contribution in [0.4, 0.5) is 10.1 Å². The molecule has 1 aliphatic carbocycles. The molecule has 7 nitrogen and oxygen atoms in total. The second kappa shape index (κ2) is 6.73. The molecule has 1 saturated carbocycles. The van der Waals surface area contributed by atoms with E-state index >= 15 is 4.39 Å². The van der Waals surface area contributed by atoms with Crippen LogP contribution in [-0.4, -0.2) is 48.3 Å². The minimum absolute atomic E-state index is 0.116. The molecule has 154 valence electrons. The van der Waals surface area contributed by atoms with Gasteiger partial charge in [-0.05, 0) is 44.2 Å². The third-order valence-corrected chi connectivity index (χ3v) is 5.82. The minimum Gasteiger partial charge on any atom is -0.492 e. The van der Waals surface area contributed by atoms with Crippen molar-refractivity contribution in [2.45, 2.75) is 37.8 Å². The molecule has 2 aromatic rings. The number of rotatable bonds is 4. The fourth-order valence-corrected chi connectivity index (χ4v) is 4.27. The zero-order chi connectivity index (χ0) is 23.9. The second-order valence-electron chi connectivity index (χ2n) is 7.73. The van der Waals surface area contributed by atoms with E-state index in [2.05, 4.69) is 5.32 Å². The summed E-state index contributed by atoms with van der Waals surface area (Å²) >= 11 is 0. The smallest absolute Gasteiger partial charge is 0.341 e. The third kappa shape index (κ3) is 2.88. The molecule has 2 atom stereocenters. The Morgan fingerprint density at radius 1 is 1.38 bits per heavy atom. The number of hydrogen-bond acceptors (Lipinski definition) is 5. The number of ether oxygens (including phenoxy) is 1. The number of piperidine rings is 1. The highest BCUT2D eigenvalue weighted by molar-refractivity contribution is 5.97. The Morgan fingerprint density at radius 3 is 2.83 bits per heavy atom. The Hall–Kier alpha value is -2.61. The molecule has 0 spiro atoms. The number of anilines is 1. The number of carboxylic acids is 1. The van der Waals surface area contributed by atoms with Crippen LogP contribution in [0.3, 0.4) is 0 Å². The van der Waals surface area contributed by atoms with Gasteiger partial charge in [0, 0.05) is 34.0 Å². The first kappa shape index (κ1) is 14.4. The molecule has 29 heavy (non-hydrogen) atoms. The highest BCUT2D eigenvalue weighted by atomic mass is 19.1. The Balaban J connectivity index is 1.84. The molecule has 3 aliphatic rings. The molecule has 0 bridgehead atoms. The van der Waals surface area contributed by atoms with Crippen LogP contribution in [-0.2, 0) is 0 Å². The lowest BCUT2D eigenvalue weighted by molar-refractivity contribution is 0.0695. The van der Waals surface area contributed by atoms with E-state index < -0.39 is 53.4 Å². The first-order chi connectivity index (χ1) is 15.5. The van der Waals surface area contributed by atoms with Crippen LogP contribution in [0.1, 0.15) is 47.6 Å². The van der Waals surface area contributed by atoms with E-state index in [1.807, 2.05) is 0 Å². The summed E-state index contributed by atoms with van der Waals surface area (Å²) in [5, 5.41) is 12.3. The van der Waals surface area contributed by atoms with Gasteiger partial charge in [0.25, 0.3) is 0 Å². The van der Waals surface area contributed by atoms with Crippen LogP contribution in [0.5, 0.6) is 5.75 Å². The fraction of sp³-hybridized carbons (Fsp3) is 0.524. The summed E-state index contributed by atoms with van der Waals surface area (Å²) in [6, 6.07) is -0.0987. The average molecular weight is 405 g/mol. The van der Waals surface area contributed by atoms with Gasteiger partial charge in [-0.15, -0.1) is 0 Å². The van der Waals surface area contributed by atoms with Crippen molar-refractivity contribution in [3.8, 4) is 5.75 Å². The van der Waals surface area contributed by atoms with Crippen LogP contribution >= 0.6 is 0 Å². The molecule has 1 aromatic carbocycles. The zero-order valence-electron chi connectivity index (χ0n) is 19.9. The highest BCUT2D eigenvalue weighted by Gasteiger charge is 2.38. The minimum atomic E-state index is -2.29. The Kier molecular flexibility index (Phi) is 3.34. The molecule has 8 heteroatoms. The zero-order valence-corrected chi connectivity index (χ0v) is 15.9. The van der Waals surface area contributed by atoms with Gasteiger partial charge in [0.2, 0.25) is 5.43 Å². The molecular formula is C21H24FN3O4. The van der Waals surface area contributed by atoms with Crippen LogP contribution in [0.2, 0.25) is 0 Å². The molecule has 2 saturated heterocycles.